The first-order valence-corrected chi connectivity index (χ1v) is 10.8. The van der Waals surface area contributed by atoms with Gasteiger partial charge in [0, 0.05) is 42.2 Å². The van der Waals surface area contributed by atoms with Crippen LogP contribution in [0.5, 0.6) is 0 Å². The Morgan fingerprint density at radius 1 is 1.07 bits per heavy atom. The predicted molar refractivity (Wildman–Crippen MR) is 114 cm³/mol. The summed E-state index contributed by atoms with van der Waals surface area (Å²) in [6, 6.07) is 11.8. The fraction of sp³-hybridized carbons (Fsp3) is 0.542. The lowest BCUT2D eigenvalue weighted by Gasteiger charge is -2.32. The molecule has 1 N–H and O–H groups in total. The highest BCUT2D eigenvalue weighted by molar-refractivity contribution is 5.96. The van der Waals surface area contributed by atoms with Gasteiger partial charge in [0.05, 0.1) is 5.56 Å². The van der Waals surface area contributed by atoms with Crippen LogP contribution in [0.15, 0.2) is 30.3 Å². The third-order valence-corrected chi connectivity index (χ3v) is 6.40. The summed E-state index contributed by atoms with van der Waals surface area (Å²) in [7, 11) is 0. The molecule has 1 saturated heterocycles. The number of aromatic nitrogens is 1. The zero-order valence-electron chi connectivity index (χ0n) is 17.7. The van der Waals surface area contributed by atoms with E-state index in [-0.39, 0.29) is 5.91 Å². The maximum atomic E-state index is 13.0. The van der Waals surface area contributed by atoms with Gasteiger partial charge in [0.1, 0.15) is 0 Å². The van der Waals surface area contributed by atoms with Crippen LogP contribution in [0, 0.1) is 13.8 Å². The van der Waals surface area contributed by atoms with Crippen molar-refractivity contribution in [2.24, 2.45) is 0 Å². The van der Waals surface area contributed by atoms with E-state index in [9.17, 15) is 4.79 Å². The maximum Gasteiger partial charge on any atom is 0.253 e. The lowest BCUT2D eigenvalue weighted by molar-refractivity contribution is 0.0908. The Labute approximate surface area is 168 Å². The number of nitrogens with zero attached hydrogens (tertiary/aromatic N) is 2. The van der Waals surface area contributed by atoms with E-state index >= 15 is 0 Å². The zero-order valence-corrected chi connectivity index (χ0v) is 17.7. The third-order valence-electron chi connectivity index (χ3n) is 6.40. The number of rotatable bonds is 5. The van der Waals surface area contributed by atoms with Gasteiger partial charge in [-0.25, -0.2) is 0 Å². The van der Waals surface area contributed by atoms with Crippen LogP contribution >= 0.6 is 0 Å². The van der Waals surface area contributed by atoms with E-state index < -0.39 is 0 Å². The van der Waals surface area contributed by atoms with Gasteiger partial charge in [-0.05, 0) is 69.2 Å². The van der Waals surface area contributed by atoms with Gasteiger partial charge in [-0.1, -0.05) is 26.0 Å². The fourth-order valence-electron chi connectivity index (χ4n) is 4.52. The Morgan fingerprint density at radius 3 is 2.43 bits per heavy atom. The van der Waals surface area contributed by atoms with Gasteiger partial charge < -0.3 is 14.8 Å². The molecule has 0 spiro atoms. The van der Waals surface area contributed by atoms with Crippen LogP contribution in [0.1, 0.15) is 72.8 Å². The minimum atomic E-state index is 0.0734. The van der Waals surface area contributed by atoms with Gasteiger partial charge in [0.15, 0.2) is 0 Å². The van der Waals surface area contributed by atoms with Crippen LogP contribution in [-0.4, -0.2) is 40.5 Å². The minimum absolute atomic E-state index is 0.0734. The molecule has 0 bridgehead atoms. The van der Waals surface area contributed by atoms with Crippen LogP contribution in [-0.2, 0) is 0 Å². The Morgan fingerprint density at radius 2 is 1.79 bits per heavy atom. The van der Waals surface area contributed by atoms with Crippen molar-refractivity contribution in [1.82, 2.24) is 14.8 Å². The smallest absolute Gasteiger partial charge is 0.253 e. The monoisotopic (exact) mass is 379 g/mol. The van der Waals surface area contributed by atoms with Crippen molar-refractivity contribution in [3.63, 3.8) is 0 Å². The molecule has 2 heterocycles. The van der Waals surface area contributed by atoms with E-state index in [2.05, 4.69) is 66.7 Å². The highest BCUT2D eigenvalue weighted by Gasteiger charge is 2.32. The topological polar surface area (TPSA) is 37.3 Å². The molecule has 4 rings (SSSR count). The summed E-state index contributed by atoms with van der Waals surface area (Å²) in [5, 5.41) is 3.30. The second-order valence-electron chi connectivity index (χ2n) is 8.88. The van der Waals surface area contributed by atoms with Crippen LogP contribution in [0.25, 0.3) is 5.69 Å². The lowest BCUT2D eigenvalue weighted by Crippen LogP contribution is -2.45. The summed E-state index contributed by atoms with van der Waals surface area (Å²) < 4.78 is 2.20. The quantitative estimate of drug-likeness (QED) is 0.826. The number of carbonyl (C=O) groups excluding carboxylic acids is 1. The van der Waals surface area contributed by atoms with Crippen molar-refractivity contribution in [3.05, 3.63) is 52.8 Å². The lowest BCUT2D eigenvalue weighted by atomic mass is 10.0. The first-order valence-electron chi connectivity index (χ1n) is 10.8. The van der Waals surface area contributed by atoms with Crippen molar-refractivity contribution in [3.8, 4) is 5.69 Å². The number of likely N-dealkylation sites (tertiary alicyclic amines) is 1. The first-order chi connectivity index (χ1) is 13.4. The molecule has 2 aromatic rings. The van der Waals surface area contributed by atoms with Crippen LogP contribution < -0.4 is 5.32 Å². The van der Waals surface area contributed by atoms with Gasteiger partial charge in [0.2, 0.25) is 0 Å². The minimum Gasteiger partial charge on any atom is -0.349 e. The summed E-state index contributed by atoms with van der Waals surface area (Å²) in [4.78, 5) is 15.6. The van der Waals surface area contributed by atoms with Crippen molar-refractivity contribution >= 4 is 5.91 Å². The Hall–Kier alpha value is -2.07. The van der Waals surface area contributed by atoms with Gasteiger partial charge >= 0.3 is 0 Å². The van der Waals surface area contributed by atoms with E-state index in [1.165, 1.54) is 18.4 Å². The number of aryl methyl sites for hydroxylation is 1. The first kappa shape index (κ1) is 19.3. The fourth-order valence-corrected chi connectivity index (χ4v) is 4.52. The van der Waals surface area contributed by atoms with E-state index in [0.717, 1.165) is 54.6 Å². The van der Waals surface area contributed by atoms with Gasteiger partial charge in [0.25, 0.3) is 5.91 Å². The molecule has 1 amide bonds. The molecule has 0 atom stereocenters. The second kappa shape index (κ2) is 7.75. The number of benzene rings is 1. The molecule has 2 fully saturated rings. The molecule has 4 nitrogen and oxygen atoms in total. The third kappa shape index (κ3) is 3.88. The summed E-state index contributed by atoms with van der Waals surface area (Å²) >= 11 is 0. The van der Waals surface area contributed by atoms with Crippen LogP contribution in [0.2, 0.25) is 0 Å². The molecule has 4 heteroatoms. The maximum absolute atomic E-state index is 13.0. The Kier molecular flexibility index (Phi) is 5.33. The van der Waals surface area contributed by atoms with Gasteiger partial charge in [-0.3, -0.25) is 4.79 Å². The number of hydrogen-bond acceptors (Lipinski definition) is 2. The Bertz CT molecular complexity index is 855. The molecule has 150 valence electrons. The number of amides is 1. The van der Waals surface area contributed by atoms with E-state index in [0.29, 0.717) is 12.0 Å². The van der Waals surface area contributed by atoms with Gasteiger partial charge in [-0.2, -0.15) is 0 Å². The molecule has 2 aliphatic rings. The van der Waals surface area contributed by atoms with E-state index in [1.807, 2.05) is 6.07 Å². The zero-order chi connectivity index (χ0) is 19.8. The normalized spacial score (nSPS) is 18.6. The molecule has 1 aliphatic heterocycles. The van der Waals surface area contributed by atoms with E-state index in [1.54, 1.807) is 0 Å². The average Bonchev–Trinajstić information content (AvgIpc) is 3.47. The number of piperidine rings is 1. The summed E-state index contributed by atoms with van der Waals surface area (Å²) in [6.07, 6.45) is 4.86. The molecule has 0 radical (unpaired) electrons. The highest BCUT2D eigenvalue weighted by Crippen LogP contribution is 2.29. The number of nitrogens with one attached hydrogen (secondary N) is 1. The molecule has 28 heavy (non-hydrogen) atoms. The summed E-state index contributed by atoms with van der Waals surface area (Å²) in [5.41, 5.74) is 5.38. The predicted octanol–water partition coefficient (Wildman–Crippen LogP) is 4.57. The van der Waals surface area contributed by atoms with Crippen molar-refractivity contribution in [2.45, 2.75) is 71.4 Å². The molecule has 1 aliphatic carbocycles. The largest absolute Gasteiger partial charge is 0.349 e. The van der Waals surface area contributed by atoms with Crippen LogP contribution in [0.4, 0.5) is 0 Å². The standard InChI is InChI=1S/C24H33N3O/c1-16(2)19-6-5-7-22(15-19)27-17(3)14-23(18(27)4)24(28)25-20-10-12-26(13-11-20)21-8-9-21/h5-7,14-16,20-21H,8-13H2,1-4H3,(H,25,28). The molecule has 0 unspecified atom stereocenters. The molecule has 1 aromatic heterocycles. The second-order valence-corrected chi connectivity index (χ2v) is 8.88. The average molecular weight is 380 g/mol. The molecular weight excluding hydrogens is 346 g/mol. The molecular formula is C24H33N3O. The number of hydrogen-bond donors (Lipinski definition) is 1. The summed E-state index contributed by atoms with van der Waals surface area (Å²) in [5.74, 6) is 0.560. The highest BCUT2D eigenvalue weighted by atomic mass is 16.1. The molecule has 1 saturated carbocycles. The number of carbonyl (C=O) groups is 1. The van der Waals surface area contributed by atoms with Crippen molar-refractivity contribution in [2.75, 3.05) is 13.1 Å². The van der Waals surface area contributed by atoms with E-state index in [4.69, 9.17) is 0 Å². The Balaban J connectivity index is 1.49. The van der Waals surface area contributed by atoms with Crippen molar-refractivity contribution < 1.29 is 4.79 Å². The molecule has 1 aromatic carbocycles. The van der Waals surface area contributed by atoms with Crippen LogP contribution in [0.3, 0.4) is 0 Å². The van der Waals surface area contributed by atoms with Gasteiger partial charge in [-0.15, -0.1) is 0 Å². The SMILES string of the molecule is Cc1cc(C(=O)NC2CCN(C3CC3)CC2)c(C)n1-c1cccc(C(C)C)c1. The van der Waals surface area contributed by atoms with Crippen molar-refractivity contribution in [1.29, 1.82) is 0 Å². The summed E-state index contributed by atoms with van der Waals surface area (Å²) in [6.45, 7) is 10.8.